The van der Waals surface area contributed by atoms with Crippen molar-refractivity contribution in [2.24, 2.45) is 0 Å². The molecule has 0 bridgehead atoms. The monoisotopic (exact) mass is 473 g/mol. The fraction of sp³-hybridized carbons (Fsp3) is 0.192. The summed E-state index contributed by atoms with van der Waals surface area (Å²) in [6, 6.07) is 25.3. The van der Waals surface area contributed by atoms with Crippen LogP contribution in [0.1, 0.15) is 26.3 Å². The van der Waals surface area contributed by atoms with Crippen LogP contribution in [0.15, 0.2) is 83.2 Å². The van der Waals surface area contributed by atoms with Gasteiger partial charge in [-0.2, -0.15) is 0 Å². The van der Waals surface area contributed by atoms with E-state index < -0.39 is 0 Å². The van der Waals surface area contributed by atoms with Gasteiger partial charge in [0.25, 0.3) is 11.8 Å². The zero-order valence-electron chi connectivity index (χ0n) is 18.0. The van der Waals surface area contributed by atoms with Crippen LogP contribution in [0, 0.1) is 0 Å². The maximum atomic E-state index is 12.9. The highest BCUT2D eigenvalue weighted by Crippen LogP contribution is 2.31. The van der Waals surface area contributed by atoms with E-state index in [2.05, 4.69) is 11.1 Å². The summed E-state index contributed by atoms with van der Waals surface area (Å²) < 4.78 is 2.26. The molecule has 3 aromatic carbocycles. The maximum absolute atomic E-state index is 12.9. The Balaban J connectivity index is 1.15. The molecule has 0 aliphatic carbocycles. The van der Waals surface area contributed by atoms with Crippen LogP contribution in [0.2, 0.25) is 0 Å². The summed E-state index contributed by atoms with van der Waals surface area (Å²) in [5.74, 6) is 0.860. The van der Waals surface area contributed by atoms with Gasteiger partial charge in [0, 0.05) is 43.1 Å². The Labute approximate surface area is 201 Å². The lowest BCUT2D eigenvalue weighted by atomic mass is 10.1. The molecule has 0 atom stereocenters. The minimum absolute atomic E-state index is 0.0205. The number of fused-ring (bicyclic) bond motifs is 1. The first-order valence-corrected chi connectivity index (χ1v) is 12.7. The first-order valence-electron chi connectivity index (χ1n) is 10.9. The number of aromatic nitrogens is 1. The number of para-hydroxylation sites is 1. The molecule has 5 nitrogen and oxygen atoms in total. The Bertz CT molecular complexity index is 1230. The van der Waals surface area contributed by atoms with Gasteiger partial charge in [0.1, 0.15) is 0 Å². The summed E-state index contributed by atoms with van der Waals surface area (Å²) in [6.07, 6.45) is 0. The van der Waals surface area contributed by atoms with Crippen molar-refractivity contribution in [2.45, 2.75) is 10.1 Å². The largest absolute Gasteiger partial charge is 0.335 e. The Kier molecular flexibility index (Phi) is 6.41. The third kappa shape index (κ3) is 4.94. The van der Waals surface area contributed by atoms with Crippen LogP contribution < -0.4 is 0 Å². The molecule has 1 aliphatic heterocycles. The van der Waals surface area contributed by atoms with Gasteiger partial charge in [-0.05, 0) is 42.0 Å². The number of carbonyl (C=O) groups excluding carboxylic acids is 2. The van der Waals surface area contributed by atoms with E-state index in [0.717, 1.165) is 21.2 Å². The summed E-state index contributed by atoms with van der Waals surface area (Å²) >= 11 is 3.42. The molecule has 0 radical (unpaired) electrons. The van der Waals surface area contributed by atoms with E-state index in [1.807, 2.05) is 82.6 Å². The molecular formula is C26H23N3O2S2. The Hall–Kier alpha value is -3.16. The van der Waals surface area contributed by atoms with E-state index in [4.69, 9.17) is 0 Å². The van der Waals surface area contributed by atoms with Crippen molar-refractivity contribution in [2.75, 3.05) is 26.2 Å². The lowest BCUT2D eigenvalue weighted by Gasteiger charge is -2.35. The number of nitrogens with zero attached hydrogens (tertiary/aromatic N) is 3. The molecule has 5 rings (SSSR count). The molecule has 1 saturated heterocycles. The van der Waals surface area contributed by atoms with Gasteiger partial charge < -0.3 is 9.80 Å². The van der Waals surface area contributed by atoms with Crippen molar-refractivity contribution in [1.82, 2.24) is 14.8 Å². The first kappa shape index (κ1) is 21.7. The number of amides is 2. The molecule has 0 saturated carbocycles. The molecule has 0 unspecified atom stereocenters. The Morgan fingerprint density at radius 2 is 1.33 bits per heavy atom. The number of carbonyl (C=O) groups is 2. The highest BCUT2D eigenvalue weighted by atomic mass is 32.2. The lowest BCUT2D eigenvalue weighted by molar-refractivity contribution is 0.0535. The van der Waals surface area contributed by atoms with E-state index in [0.29, 0.717) is 37.3 Å². The minimum atomic E-state index is 0.0205. The van der Waals surface area contributed by atoms with Crippen molar-refractivity contribution < 1.29 is 9.59 Å². The highest BCUT2D eigenvalue weighted by Gasteiger charge is 2.25. The summed E-state index contributed by atoms with van der Waals surface area (Å²) in [5.41, 5.74) is 3.58. The van der Waals surface area contributed by atoms with Crippen LogP contribution in [0.25, 0.3) is 10.2 Å². The predicted octanol–water partition coefficient (Wildman–Crippen LogP) is 5.19. The van der Waals surface area contributed by atoms with Crippen LogP contribution in [-0.4, -0.2) is 52.8 Å². The van der Waals surface area contributed by atoms with Crippen LogP contribution in [0.4, 0.5) is 0 Å². The summed E-state index contributed by atoms with van der Waals surface area (Å²) in [4.78, 5) is 33.9. The van der Waals surface area contributed by atoms with E-state index in [9.17, 15) is 9.59 Å². The minimum Gasteiger partial charge on any atom is -0.335 e. The lowest BCUT2D eigenvalue weighted by Crippen LogP contribution is -2.50. The van der Waals surface area contributed by atoms with Crippen molar-refractivity contribution >= 4 is 45.1 Å². The van der Waals surface area contributed by atoms with E-state index in [-0.39, 0.29) is 11.8 Å². The standard InChI is InChI=1S/C26H23N3O2S2/c30-24(20-6-2-1-3-7-20)28-14-16-29(17-15-28)25(31)21-12-10-19(11-13-21)18-32-26-27-22-8-4-5-9-23(22)33-26/h1-13H,14-18H2. The summed E-state index contributed by atoms with van der Waals surface area (Å²) in [5, 5.41) is 0. The number of thioether (sulfide) groups is 1. The quantitative estimate of drug-likeness (QED) is 0.375. The number of thiazole rings is 1. The van der Waals surface area contributed by atoms with Crippen molar-refractivity contribution in [3.05, 3.63) is 95.6 Å². The van der Waals surface area contributed by atoms with Gasteiger partial charge in [-0.3, -0.25) is 9.59 Å². The number of hydrogen-bond donors (Lipinski definition) is 0. The molecule has 1 fully saturated rings. The molecule has 33 heavy (non-hydrogen) atoms. The normalized spacial score (nSPS) is 13.9. The molecule has 7 heteroatoms. The summed E-state index contributed by atoms with van der Waals surface area (Å²) in [6.45, 7) is 2.20. The second-order valence-corrected chi connectivity index (χ2v) is 10.1. The van der Waals surface area contributed by atoms with Gasteiger partial charge in [0.2, 0.25) is 0 Å². The van der Waals surface area contributed by atoms with E-state index in [1.54, 1.807) is 23.1 Å². The topological polar surface area (TPSA) is 53.5 Å². The number of rotatable bonds is 5. The van der Waals surface area contributed by atoms with Crippen LogP contribution >= 0.6 is 23.1 Å². The zero-order valence-corrected chi connectivity index (χ0v) is 19.6. The molecule has 2 amide bonds. The average molecular weight is 474 g/mol. The summed E-state index contributed by atoms with van der Waals surface area (Å²) in [7, 11) is 0. The van der Waals surface area contributed by atoms with Crippen LogP contribution in [-0.2, 0) is 5.75 Å². The van der Waals surface area contributed by atoms with Gasteiger partial charge >= 0.3 is 0 Å². The fourth-order valence-corrected chi connectivity index (χ4v) is 5.88. The SMILES string of the molecule is O=C(c1ccccc1)N1CCN(C(=O)c2ccc(CSc3nc4ccccc4s3)cc2)CC1. The molecule has 1 aliphatic rings. The predicted molar refractivity (Wildman–Crippen MR) is 134 cm³/mol. The van der Waals surface area contributed by atoms with Crippen molar-refractivity contribution in [1.29, 1.82) is 0 Å². The third-order valence-electron chi connectivity index (χ3n) is 5.71. The van der Waals surface area contributed by atoms with Crippen molar-refractivity contribution in [3.63, 3.8) is 0 Å². The first-order chi connectivity index (χ1) is 16.2. The maximum Gasteiger partial charge on any atom is 0.253 e. The van der Waals surface area contributed by atoms with Crippen molar-refractivity contribution in [3.8, 4) is 0 Å². The molecule has 4 aromatic rings. The van der Waals surface area contributed by atoms with Gasteiger partial charge in [0.15, 0.2) is 4.34 Å². The van der Waals surface area contributed by atoms with Crippen LogP contribution in [0.3, 0.4) is 0 Å². The fourth-order valence-electron chi connectivity index (χ4n) is 3.86. The Morgan fingerprint density at radius 3 is 1.97 bits per heavy atom. The number of piperazine rings is 1. The number of benzene rings is 3. The zero-order chi connectivity index (χ0) is 22.6. The van der Waals surface area contributed by atoms with Crippen LogP contribution in [0.5, 0.6) is 0 Å². The molecule has 0 N–H and O–H groups in total. The third-order valence-corrected chi connectivity index (χ3v) is 7.96. The molecule has 166 valence electrons. The van der Waals surface area contributed by atoms with Gasteiger partial charge in [-0.25, -0.2) is 4.98 Å². The second-order valence-electron chi connectivity index (χ2n) is 7.88. The second kappa shape index (κ2) is 9.77. The smallest absolute Gasteiger partial charge is 0.253 e. The number of hydrogen-bond acceptors (Lipinski definition) is 5. The van der Waals surface area contributed by atoms with Gasteiger partial charge in [0.05, 0.1) is 10.2 Å². The molecule has 2 heterocycles. The molecule has 1 aromatic heterocycles. The van der Waals surface area contributed by atoms with E-state index >= 15 is 0 Å². The van der Waals surface area contributed by atoms with E-state index in [1.165, 1.54) is 4.70 Å². The van der Waals surface area contributed by atoms with Gasteiger partial charge in [-0.1, -0.05) is 54.2 Å². The molecule has 0 spiro atoms. The molecular weight excluding hydrogens is 450 g/mol. The highest BCUT2D eigenvalue weighted by molar-refractivity contribution is 8.00. The average Bonchev–Trinajstić information content (AvgIpc) is 3.31. The Morgan fingerprint density at radius 1 is 0.758 bits per heavy atom. The van der Waals surface area contributed by atoms with Gasteiger partial charge in [-0.15, -0.1) is 11.3 Å².